The maximum atomic E-state index is 10.1. The Morgan fingerprint density at radius 1 is 0.765 bits per heavy atom. The average molecular weight is 226 g/mol. The molecule has 0 amide bonds. The molecule has 3 aromatic rings. The first-order valence-corrected chi connectivity index (χ1v) is 5.23. The molecule has 3 heteroatoms. The summed E-state index contributed by atoms with van der Waals surface area (Å²) in [6.45, 7) is 0. The van der Waals surface area contributed by atoms with Crippen LogP contribution in [0.15, 0.2) is 42.5 Å². The van der Waals surface area contributed by atoms with Crippen molar-refractivity contribution < 1.29 is 15.3 Å². The molecule has 0 heterocycles. The molecule has 3 nitrogen and oxygen atoms in total. The summed E-state index contributed by atoms with van der Waals surface area (Å²) in [5.74, 6) is 0.238. The quantitative estimate of drug-likeness (QED) is 0.516. The van der Waals surface area contributed by atoms with Gasteiger partial charge in [0.2, 0.25) is 0 Å². The van der Waals surface area contributed by atoms with Gasteiger partial charge in [-0.3, -0.25) is 0 Å². The molecular formula is C14H10O3. The molecule has 0 aliphatic rings. The van der Waals surface area contributed by atoms with Gasteiger partial charge >= 0.3 is 0 Å². The zero-order valence-electron chi connectivity index (χ0n) is 8.88. The molecule has 0 radical (unpaired) electrons. The minimum atomic E-state index is 0.0376. The molecule has 0 aliphatic heterocycles. The highest BCUT2D eigenvalue weighted by atomic mass is 16.3. The second-order valence-electron chi connectivity index (χ2n) is 4.01. The molecule has 0 aliphatic carbocycles. The van der Waals surface area contributed by atoms with Crippen LogP contribution >= 0.6 is 0 Å². The molecular weight excluding hydrogens is 216 g/mol. The van der Waals surface area contributed by atoms with E-state index in [2.05, 4.69) is 0 Å². The van der Waals surface area contributed by atoms with Gasteiger partial charge < -0.3 is 15.3 Å². The molecule has 3 rings (SSSR count). The van der Waals surface area contributed by atoms with E-state index >= 15 is 0 Å². The minimum absolute atomic E-state index is 0.0376. The Labute approximate surface area is 97.2 Å². The van der Waals surface area contributed by atoms with Gasteiger partial charge in [-0.25, -0.2) is 0 Å². The standard InChI is InChI=1S/C14H10O3/c15-10-4-5-11-9(7-10)6-8-2-1-3-12(16)13(8)14(11)17/h1-7,15-17H. The van der Waals surface area contributed by atoms with Crippen LogP contribution in [0.25, 0.3) is 21.5 Å². The zero-order valence-corrected chi connectivity index (χ0v) is 8.88. The second-order valence-corrected chi connectivity index (χ2v) is 4.01. The lowest BCUT2D eigenvalue weighted by Crippen LogP contribution is -1.80. The monoisotopic (exact) mass is 226 g/mol. The molecule has 0 saturated heterocycles. The maximum Gasteiger partial charge on any atom is 0.134 e. The Balaban J connectivity index is 2.57. The predicted molar refractivity (Wildman–Crippen MR) is 66.4 cm³/mol. The smallest absolute Gasteiger partial charge is 0.134 e. The van der Waals surface area contributed by atoms with Gasteiger partial charge in [-0.1, -0.05) is 12.1 Å². The van der Waals surface area contributed by atoms with Crippen molar-refractivity contribution in [3.05, 3.63) is 42.5 Å². The van der Waals surface area contributed by atoms with Gasteiger partial charge in [0.25, 0.3) is 0 Å². The highest BCUT2D eigenvalue weighted by Gasteiger charge is 2.09. The van der Waals surface area contributed by atoms with Crippen molar-refractivity contribution in [3.63, 3.8) is 0 Å². The van der Waals surface area contributed by atoms with Gasteiger partial charge in [0.1, 0.15) is 17.2 Å². The normalized spacial score (nSPS) is 11.1. The molecule has 0 unspecified atom stereocenters. The molecule has 3 N–H and O–H groups in total. The summed E-state index contributed by atoms with van der Waals surface area (Å²) in [4.78, 5) is 0. The number of benzene rings is 3. The summed E-state index contributed by atoms with van der Waals surface area (Å²) in [7, 11) is 0. The molecule has 84 valence electrons. The van der Waals surface area contributed by atoms with Crippen LogP contribution in [0, 0.1) is 0 Å². The van der Waals surface area contributed by atoms with Crippen LogP contribution in [0.2, 0.25) is 0 Å². The van der Waals surface area contributed by atoms with Crippen molar-refractivity contribution in [3.8, 4) is 17.2 Å². The van der Waals surface area contributed by atoms with Crippen molar-refractivity contribution in [2.45, 2.75) is 0 Å². The first-order chi connectivity index (χ1) is 8.16. The molecule has 0 fully saturated rings. The summed E-state index contributed by atoms with van der Waals surface area (Å²) in [5.41, 5.74) is 0. The number of phenolic OH excluding ortho intramolecular Hbond substituents is 3. The van der Waals surface area contributed by atoms with Crippen molar-refractivity contribution in [1.82, 2.24) is 0 Å². The van der Waals surface area contributed by atoms with Crippen LogP contribution in [0.1, 0.15) is 0 Å². The van der Waals surface area contributed by atoms with E-state index in [9.17, 15) is 15.3 Å². The summed E-state index contributed by atoms with van der Waals surface area (Å²) >= 11 is 0. The van der Waals surface area contributed by atoms with Crippen LogP contribution < -0.4 is 0 Å². The first-order valence-electron chi connectivity index (χ1n) is 5.23. The topological polar surface area (TPSA) is 60.7 Å². The largest absolute Gasteiger partial charge is 0.508 e. The van der Waals surface area contributed by atoms with E-state index in [0.717, 1.165) is 10.8 Å². The Morgan fingerprint density at radius 3 is 2.41 bits per heavy atom. The third kappa shape index (κ3) is 1.36. The van der Waals surface area contributed by atoms with Gasteiger partial charge in [0.15, 0.2) is 0 Å². The number of phenols is 3. The van der Waals surface area contributed by atoms with Crippen LogP contribution in [0.4, 0.5) is 0 Å². The fraction of sp³-hybridized carbons (Fsp3) is 0. The third-order valence-electron chi connectivity index (χ3n) is 2.91. The van der Waals surface area contributed by atoms with Gasteiger partial charge in [0, 0.05) is 5.39 Å². The van der Waals surface area contributed by atoms with Crippen molar-refractivity contribution in [2.75, 3.05) is 0 Å². The van der Waals surface area contributed by atoms with E-state index in [4.69, 9.17) is 0 Å². The molecule has 0 saturated carbocycles. The van der Waals surface area contributed by atoms with Crippen LogP contribution in [0.3, 0.4) is 0 Å². The molecule has 3 aromatic carbocycles. The summed E-state index contributed by atoms with van der Waals surface area (Å²) in [5, 5.41) is 31.8. The summed E-state index contributed by atoms with van der Waals surface area (Å²) < 4.78 is 0. The fourth-order valence-electron chi connectivity index (χ4n) is 2.12. The maximum absolute atomic E-state index is 10.1. The number of hydrogen-bond donors (Lipinski definition) is 3. The van der Waals surface area contributed by atoms with Crippen molar-refractivity contribution in [2.24, 2.45) is 0 Å². The fourth-order valence-corrected chi connectivity index (χ4v) is 2.12. The van der Waals surface area contributed by atoms with E-state index in [1.807, 2.05) is 6.07 Å². The van der Waals surface area contributed by atoms with Crippen LogP contribution in [0.5, 0.6) is 17.2 Å². The van der Waals surface area contributed by atoms with Gasteiger partial charge in [-0.05, 0) is 41.1 Å². The summed E-state index contributed by atoms with van der Waals surface area (Å²) in [6.07, 6.45) is 0. The van der Waals surface area contributed by atoms with Crippen LogP contribution in [-0.4, -0.2) is 15.3 Å². The predicted octanol–water partition coefficient (Wildman–Crippen LogP) is 3.11. The molecule has 0 aromatic heterocycles. The Kier molecular flexibility index (Phi) is 1.89. The van der Waals surface area contributed by atoms with Crippen molar-refractivity contribution in [1.29, 1.82) is 0 Å². The highest BCUT2D eigenvalue weighted by Crippen LogP contribution is 2.39. The first kappa shape index (κ1) is 9.78. The Hall–Kier alpha value is -2.42. The van der Waals surface area contributed by atoms with Gasteiger partial charge in [0.05, 0.1) is 5.39 Å². The van der Waals surface area contributed by atoms with E-state index < -0.39 is 0 Å². The lowest BCUT2D eigenvalue weighted by Gasteiger charge is -2.08. The average Bonchev–Trinajstić information content (AvgIpc) is 2.28. The zero-order chi connectivity index (χ0) is 12.0. The molecule has 0 spiro atoms. The number of rotatable bonds is 0. The third-order valence-corrected chi connectivity index (χ3v) is 2.91. The number of fused-ring (bicyclic) bond motifs is 2. The Bertz CT molecular complexity index is 731. The van der Waals surface area contributed by atoms with E-state index in [0.29, 0.717) is 10.8 Å². The van der Waals surface area contributed by atoms with E-state index in [-0.39, 0.29) is 17.2 Å². The lowest BCUT2D eigenvalue weighted by molar-refractivity contribution is 0.467. The van der Waals surface area contributed by atoms with Gasteiger partial charge in [-0.2, -0.15) is 0 Å². The Morgan fingerprint density at radius 2 is 1.59 bits per heavy atom. The minimum Gasteiger partial charge on any atom is -0.508 e. The summed E-state index contributed by atoms with van der Waals surface area (Å²) in [6, 6.07) is 11.6. The highest BCUT2D eigenvalue weighted by molar-refractivity contribution is 6.07. The number of aromatic hydroxyl groups is 3. The molecule has 0 bridgehead atoms. The van der Waals surface area contributed by atoms with Crippen LogP contribution in [-0.2, 0) is 0 Å². The van der Waals surface area contributed by atoms with Crippen molar-refractivity contribution >= 4 is 21.5 Å². The SMILES string of the molecule is Oc1ccc2c(O)c3c(O)cccc3cc2c1. The lowest BCUT2D eigenvalue weighted by atomic mass is 10.0. The number of hydrogen-bond acceptors (Lipinski definition) is 3. The second kappa shape index (κ2) is 3.28. The van der Waals surface area contributed by atoms with E-state index in [1.54, 1.807) is 24.3 Å². The van der Waals surface area contributed by atoms with Gasteiger partial charge in [-0.15, -0.1) is 0 Å². The molecule has 17 heavy (non-hydrogen) atoms. The van der Waals surface area contributed by atoms with E-state index in [1.165, 1.54) is 12.1 Å². The molecule has 0 atom stereocenters.